The lowest BCUT2D eigenvalue weighted by molar-refractivity contribution is 0.280. The third kappa shape index (κ3) is 6.73. The summed E-state index contributed by atoms with van der Waals surface area (Å²) < 4.78 is 37.4. The van der Waals surface area contributed by atoms with E-state index in [-0.39, 0.29) is 24.0 Å². The number of halogens is 3. The Labute approximate surface area is 176 Å². The van der Waals surface area contributed by atoms with Gasteiger partial charge in [0.1, 0.15) is 18.2 Å². The van der Waals surface area contributed by atoms with Crippen LogP contribution in [0.2, 0.25) is 0 Å². The first-order chi connectivity index (χ1) is 13.7. The summed E-state index contributed by atoms with van der Waals surface area (Å²) in [4.78, 5) is 0. The van der Waals surface area contributed by atoms with Crippen molar-refractivity contribution in [3.05, 3.63) is 95.1 Å². The van der Waals surface area contributed by atoms with Gasteiger partial charge in [-0.3, -0.25) is 0 Å². The zero-order chi connectivity index (χ0) is 19.8. The molecule has 0 saturated carbocycles. The SMILES string of the molecule is COc1cccc(CNCCc2ccc(F)cc2)c1OCc1ccc(F)cc1.Cl. The number of rotatable bonds is 9. The van der Waals surface area contributed by atoms with Crippen LogP contribution in [0.4, 0.5) is 8.78 Å². The van der Waals surface area contributed by atoms with Gasteiger partial charge < -0.3 is 14.8 Å². The van der Waals surface area contributed by atoms with Crippen LogP contribution in [0.3, 0.4) is 0 Å². The fraction of sp³-hybridized carbons (Fsp3) is 0.217. The van der Waals surface area contributed by atoms with Crippen molar-refractivity contribution in [1.29, 1.82) is 0 Å². The van der Waals surface area contributed by atoms with Gasteiger partial charge >= 0.3 is 0 Å². The monoisotopic (exact) mass is 419 g/mol. The molecule has 3 aromatic rings. The zero-order valence-electron chi connectivity index (χ0n) is 16.2. The summed E-state index contributed by atoms with van der Waals surface area (Å²) in [5, 5.41) is 3.38. The Morgan fingerprint density at radius 3 is 2.07 bits per heavy atom. The molecule has 3 aromatic carbocycles. The minimum atomic E-state index is -0.271. The van der Waals surface area contributed by atoms with Crippen LogP contribution in [0.1, 0.15) is 16.7 Å². The maximum absolute atomic E-state index is 13.1. The highest BCUT2D eigenvalue weighted by Crippen LogP contribution is 2.31. The molecule has 0 heterocycles. The van der Waals surface area contributed by atoms with Gasteiger partial charge in [0.05, 0.1) is 7.11 Å². The number of hydrogen-bond donors (Lipinski definition) is 1. The van der Waals surface area contributed by atoms with E-state index < -0.39 is 0 Å². The lowest BCUT2D eigenvalue weighted by atomic mass is 10.1. The summed E-state index contributed by atoms with van der Waals surface area (Å²) in [6, 6.07) is 18.5. The van der Waals surface area contributed by atoms with Gasteiger partial charge in [0.2, 0.25) is 0 Å². The number of methoxy groups -OCH3 is 1. The Hall–Kier alpha value is -2.63. The molecule has 0 radical (unpaired) electrons. The van der Waals surface area contributed by atoms with Crippen LogP contribution in [0.5, 0.6) is 11.5 Å². The molecule has 0 bridgehead atoms. The predicted molar refractivity (Wildman–Crippen MR) is 113 cm³/mol. The van der Waals surface area contributed by atoms with E-state index in [0.717, 1.165) is 29.7 Å². The zero-order valence-corrected chi connectivity index (χ0v) is 17.0. The third-order valence-electron chi connectivity index (χ3n) is 4.40. The second kappa shape index (κ2) is 11.4. The van der Waals surface area contributed by atoms with E-state index in [1.54, 1.807) is 31.4 Å². The van der Waals surface area contributed by atoms with E-state index in [2.05, 4.69) is 5.32 Å². The lowest BCUT2D eigenvalue weighted by Crippen LogP contribution is -2.17. The van der Waals surface area contributed by atoms with E-state index in [1.807, 2.05) is 18.2 Å². The number of hydrogen-bond acceptors (Lipinski definition) is 3. The highest BCUT2D eigenvalue weighted by molar-refractivity contribution is 5.85. The van der Waals surface area contributed by atoms with Gasteiger partial charge in [0.25, 0.3) is 0 Å². The average molecular weight is 420 g/mol. The van der Waals surface area contributed by atoms with Crippen molar-refractivity contribution >= 4 is 12.4 Å². The summed E-state index contributed by atoms with van der Waals surface area (Å²) in [6.45, 7) is 1.68. The maximum Gasteiger partial charge on any atom is 0.166 e. The first-order valence-electron chi connectivity index (χ1n) is 9.14. The fourth-order valence-corrected chi connectivity index (χ4v) is 2.87. The Bertz CT molecular complexity index is 886. The smallest absolute Gasteiger partial charge is 0.166 e. The molecule has 0 aromatic heterocycles. The number of ether oxygens (including phenoxy) is 2. The second-order valence-corrected chi connectivity index (χ2v) is 6.42. The van der Waals surface area contributed by atoms with Crippen molar-refractivity contribution in [2.45, 2.75) is 19.6 Å². The normalized spacial score (nSPS) is 10.3. The van der Waals surface area contributed by atoms with Crippen molar-refractivity contribution in [3.63, 3.8) is 0 Å². The Balaban J connectivity index is 0.00000300. The van der Waals surface area contributed by atoms with Gasteiger partial charge in [-0.2, -0.15) is 0 Å². The molecule has 3 rings (SSSR count). The largest absolute Gasteiger partial charge is 0.493 e. The fourth-order valence-electron chi connectivity index (χ4n) is 2.87. The second-order valence-electron chi connectivity index (χ2n) is 6.42. The van der Waals surface area contributed by atoms with Gasteiger partial charge in [-0.15, -0.1) is 12.4 Å². The van der Waals surface area contributed by atoms with Crippen molar-refractivity contribution in [1.82, 2.24) is 5.32 Å². The third-order valence-corrected chi connectivity index (χ3v) is 4.40. The molecule has 0 saturated heterocycles. The average Bonchev–Trinajstić information content (AvgIpc) is 2.72. The van der Waals surface area contributed by atoms with Crippen LogP contribution in [0.25, 0.3) is 0 Å². The van der Waals surface area contributed by atoms with Crippen LogP contribution in [0.15, 0.2) is 66.7 Å². The lowest BCUT2D eigenvalue weighted by Gasteiger charge is -2.16. The molecule has 0 aliphatic heterocycles. The molecular weight excluding hydrogens is 396 g/mol. The standard InChI is InChI=1S/C23H23F2NO2.ClH/c1-27-22-4-2-3-19(15-26-14-13-17-5-9-20(24)10-6-17)23(22)28-16-18-7-11-21(25)12-8-18;/h2-12,26H,13-16H2,1H3;1H. The van der Waals surface area contributed by atoms with Gasteiger partial charge in [0.15, 0.2) is 11.5 Å². The number of nitrogens with one attached hydrogen (secondary N) is 1. The molecule has 0 aliphatic carbocycles. The molecule has 29 heavy (non-hydrogen) atoms. The summed E-state index contributed by atoms with van der Waals surface area (Å²) in [6.07, 6.45) is 0.802. The van der Waals surface area contributed by atoms with E-state index in [9.17, 15) is 8.78 Å². The summed E-state index contributed by atoms with van der Waals surface area (Å²) >= 11 is 0. The predicted octanol–water partition coefficient (Wildman–Crippen LogP) is 5.31. The molecule has 0 unspecified atom stereocenters. The highest BCUT2D eigenvalue weighted by Gasteiger charge is 2.11. The van der Waals surface area contributed by atoms with Crippen molar-refractivity contribution in [2.75, 3.05) is 13.7 Å². The molecule has 0 atom stereocenters. The maximum atomic E-state index is 13.1. The van der Waals surface area contributed by atoms with Gasteiger partial charge in [0, 0.05) is 12.1 Å². The summed E-state index contributed by atoms with van der Waals surface area (Å²) in [5.74, 6) is 0.826. The van der Waals surface area contributed by atoms with Crippen molar-refractivity contribution < 1.29 is 18.3 Å². The van der Waals surface area contributed by atoms with Gasteiger partial charge in [-0.1, -0.05) is 36.4 Å². The number of para-hydroxylation sites is 1. The molecule has 6 heteroatoms. The highest BCUT2D eigenvalue weighted by atomic mass is 35.5. The molecule has 1 N–H and O–H groups in total. The topological polar surface area (TPSA) is 30.5 Å². The molecule has 0 spiro atoms. The van der Waals surface area contributed by atoms with Crippen LogP contribution in [-0.4, -0.2) is 13.7 Å². The van der Waals surface area contributed by atoms with E-state index in [4.69, 9.17) is 9.47 Å². The molecule has 154 valence electrons. The summed E-state index contributed by atoms with van der Waals surface area (Å²) in [7, 11) is 1.60. The molecule has 0 amide bonds. The van der Waals surface area contributed by atoms with E-state index in [1.165, 1.54) is 24.3 Å². The van der Waals surface area contributed by atoms with Crippen LogP contribution >= 0.6 is 12.4 Å². The Morgan fingerprint density at radius 1 is 0.828 bits per heavy atom. The minimum absolute atomic E-state index is 0. The van der Waals surface area contributed by atoms with Crippen LogP contribution < -0.4 is 14.8 Å². The van der Waals surface area contributed by atoms with E-state index in [0.29, 0.717) is 24.7 Å². The summed E-state index contributed by atoms with van der Waals surface area (Å²) in [5.41, 5.74) is 2.93. The first kappa shape index (κ1) is 22.7. The van der Waals surface area contributed by atoms with Gasteiger partial charge in [-0.05, 0) is 54.4 Å². The number of benzene rings is 3. The molecule has 0 fully saturated rings. The molecule has 0 aliphatic rings. The van der Waals surface area contributed by atoms with Crippen molar-refractivity contribution in [2.24, 2.45) is 0 Å². The van der Waals surface area contributed by atoms with Crippen molar-refractivity contribution in [3.8, 4) is 11.5 Å². The Kier molecular flexibility index (Phi) is 8.90. The van der Waals surface area contributed by atoms with E-state index >= 15 is 0 Å². The first-order valence-corrected chi connectivity index (χ1v) is 9.14. The van der Waals surface area contributed by atoms with Crippen LogP contribution in [0, 0.1) is 11.6 Å². The molecule has 3 nitrogen and oxygen atoms in total. The van der Waals surface area contributed by atoms with Crippen LogP contribution in [-0.2, 0) is 19.6 Å². The van der Waals surface area contributed by atoms with Gasteiger partial charge in [-0.25, -0.2) is 8.78 Å². The Morgan fingerprint density at radius 2 is 1.45 bits per heavy atom. The quantitative estimate of drug-likeness (QED) is 0.477. The molecular formula is C23H24ClF2NO2. The minimum Gasteiger partial charge on any atom is -0.493 e.